The van der Waals surface area contributed by atoms with E-state index in [2.05, 4.69) is 12.6 Å². The molecule has 164 valence electrons. The van der Waals surface area contributed by atoms with Gasteiger partial charge in [-0.2, -0.15) is 12.6 Å². The molecular formula is C21H33NO5S2. The summed E-state index contributed by atoms with van der Waals surface area (Å²) in [6.07, 6.45) is 2.59. The molecule has 1 aromatic carbocycles. The number of hydrogen-bond donors (Lipinski definition) is 2. The van der Waals surface area contributed by atoms with Crippen molar-refractivity contribution in [2.75, 3.05) is 26.2 Å². The first-order chi connectivity index (χ1) is 13.5. The average molecular weight is 444 g/mol. The molecule has 0 heterocycles. The number of aliphatic hydroxyl groups excluding tert-OH is 1. The molecule has 6 nitrogen and oxygen atoms in total. The van der Waals surface area contributed by atoms with Gasteiger partial charge in [-0.25, -0.2) is 4.79 Å². The Kier molecular flexibility index (Phi) is 9.37. The maximum absolute atomic E-state index is 12.5. The van der Waals surface area contributed by atoms with E-state index in [1.165, 1.54) is 16.7 Å². The van der Waals surface area contributed by atoms with Gasteiger partial charge in [-0.1, -0.05) is 18.2 Å². The van der Waals surface area contributed by atoms with Crippen LogP contribution >= 0.6 is 24.4 Å². The molecular weight excluding hydrogens is 410 g/mol. The summed E-state index contributed by atoms with van der Waals surface area (Å²) in [7, 11) is 1.68. The number of amides is 1. The summed E-state index contributed by atoms with van der Waals surface area (Å²) >= 11 is 4.84. The van der Waals surface area contributed by atoms with Crippen LogP contribution in [0.3, 0.4) is 0 Å². The van der Waals surface area contributed by atoms with Crippen LogP contribution in [0.25, 0.3) is 0 Å². The predicted octanol–water partition coefficient (Wildman–Crippen LogP) is 3.85. The maximum Gasteiger partial charge on any atom is 0.410 e. The fourth-order valence-electron chi connectivity index (χ4n) is 3.19. The molecule has 0 fully saturated rings. The molecule has 2 unspecified atom stereocenters. The summed E-state index contributed by atoms with van der Waals surface area (Å²) in [4.78, 5) is 26.2. The third kappa shape index (κ3) is 6.06. The Morgan fingerprint density at radius 1 is 1.34 bits per heavy atom. The molecule has 0 saturated heterocycles. The van der Waals surface area contributed by atoms with E-state index < -0.39 is 28.5 Å². The third-order valence-corrected chi connectivity index (χ3v) is 5.77. The van der Waals surface area contributed by atoms with Crippen molar-refractivity contribution in [3.8, 4) is 0 Å². The van der Waals surface area contributed by atoms with E-state index >= 15 is 0 Å². The summed E-state index contributed by atoms with van der Waals surface area (Å²) in [5.74, 6) is -0.395. The number of esters is 1. The highest BCUT2D eigenvalue weighted by Crippen LogP contribution is 2.48. The van der Waals surface area contributed by atoms with Crippen LogP contribution in [-0.4, -0.2) is 58.6 Å². The Hall–Kier alpha value is -1.38. The molecule has 1 aromatic rings. The standard InChI is InChI=1S/C20H29NO5S.CH4S/c1-7-25-17(23)20(27-6)11-14-10-13(8-9-15(14)16(20)22)12-21(5)18(24)26-19(2,3)4;1-2/h8-10,16,22H,7,11-12H2,1-6H3;2H,1H3. The average Bonchev–Trinajstić information content (AvgIpc) is 2.94. The van der Waals surface area contributed by atoms with Gasteiger partial charge in [0.15, 0.2) is 0 Å². The van der Waals surface area contributed by atoms with E-state index in [4.69, 9.17) is 9.47 Å². The molecule has 8 heteroatoms. The van der Waals surface area contributed by atoms with Crippen molar-refractivity contribution in [1.29, 1.82) is 0 Å². The third-order valence-electron chi connectivity index (χ3n) is 4.51. The van der Waals surface area contributed by atoms with Crippen LogP contribution in [0, 0.1) is 0 Å². The lowest BCUT2D eigenvalue weighted by Gasteiger charge is -2.28. The normalized spacial score (nSPS) is 20.2. The quantitative estimate of drug-likeness (QED) is 0.532. The lowest BCUT2D eigenvalue weighted by atomic mass is 10.0. The van der Waals surface area contributed by atoms with Crippen molar-refractivity contribution < 1.29 is 24.2 Å². The number of fused-ring (bicyclic) bond motifs is 1. The molecule has 2 rings (SSSR count). The molecule has 1 N–H and O–H groups in total. The van der Waals surface area contributed by atoms with Crippen molar-refractivity contribution in [2.24, 2.45) is 0 Å². The molecule has 0 radical (unpaired) electrons. The SMILES string of the molecule is CCOC(=O)C1(SC)Cc2cc(CN(C)C(=O)OC(C)(C)C)ccc2C1O.CS. The van der Waals surface area contributed by atoms with Gasteiger partial charge in [0.05, 0.1) is 6.61 Å². The van der Waals surface area contributed by atoms with E-state index in [-0.39, 0.29) is 6.61 Å². The number of nitrogens with zero attached hydrogens (tertiary/aromatic N) is 1. The first-order valence-corrected chi connectivity index (χ1v) is 11.6. The molecule has 0 spiro atoms. The number of hydrogen-bond acceptors (Lipinski definition) is 7. The minimum Gasteiger partial charge on any atom is -0.465 e. The van der Waals surface area contributed by atoms with Crippen LogP contribution in [0.2, 0.25) is 0 Å². The minimum absolute atomic E-state index is 0.274. The second-order valence-electron chi connectivity index (χ2n) is 7.76. The van der Waals surface area contributed by atoms with Gasteiger partial charge in [0, 0.05) is 20.0 Å². The number of carbonyl (C=O) groups excluding carboxylic acids is 2. The fourth-order valence-corrected chi connectivity index (χ4v) is 4.07. The fraction of sp³-hybridized carbons (Fsp3) is 0.619. The van der Waals surface area contributed by atoms with Gasteiger partial charge in [0.25, 0.3) is 0 Å². The van der Waals surface area contributed by atoms with E-state index in [1.54, 1.807) is 20.2 Å². The number of carbonyl (C=O) groups is 2. The summed E-state index contributed by atoms with van der Waals surface area (Å²) in [5.41, 5.74) is 2.00. The van der Waals surface area contributed by atoms with Gasteiger partial charge in [0.1, 0.15) is 16.5 Å². The topological polar surface area (TPSA) is 76.1 Å². The molecule has 1 amide bonds. The second kappa shape index (κ2) is 10.6. The predicted molar refractivity (Wildman–Crippen MR) is 121 cm³/mol. The Balaban J connectivity index is 0.00000204. The first-order valence-electron chi connectivity index (χ1n) is 9.45. The molecule has 0 aliphatic heterocycles. The number of thioether (sulfide) groups is 1. The Morgan fingerprint density at radius 3 is 2.48 bits per heavy atom. The van der Waals surface area contributed by atoms with Gasteiger partial charge in [-0.15, -0.1) is 11.8 Å². The number of benzene rings is 1. The van der Waals surface area contributed by atoms with Crippen LogP contribution in [0.15, 0.2) is 18.2 Å². The number of rotatable bonds is 5. The summed E-state index contributed by atoms with van der Waals surface area (Å²) in [5, 5.41) is 10.8. The highest BCUT2D eigenvalue weighted by atomic mass is 32.2. The zero-order chi connectivity index (χ0) is 22.4. The largest absolute Gasteiger partial charge is 0.465 e. The molecule has 29 heavy (non-hydrogen) atoms. The minimum atomic E-state index is -1.02. The number of ether oxygens (including phenoxy) is 2. The molecule has 1 aliphatic carbocycles. The van der Waals surface area contributed by atoms with Gasteiger partial charge >= 0.3 is 12.1 Å². The van der Waals surface area contributed by atoms with E-state index in [9.17, 15) is 14.7 Å². The van der Waals surface area contributed by atoms with Crippen molar-refractivity contribution in [2.45, 2.75) is 57.1 Å². The molecule has 0 saturated carbocycles. The number of thiol groups is 1. The van der Waals surface area contributed by atoms with Crippen LogP contribution in [0.1, 0.15) is 50.5 Å². The molecule has 1 aliphatic rings. The van der Waals surface area contributed by atoms with Crippen LogP contribution in [0.4, 0.5) is 4.79 Å². The lowest BCUT2D eigenvalue weighted by molar-refractivity contribution is -0.148. The van der Waals surface area contributed by atoms with Gasteiger partial charge in [0.2, 0.25) is 0 Å². The zero-order valence-electron chi connectivity index (χ0n) is 18.3. The Labute approximate surface area is 183 Å². The van der Waals surface area contributed by atoms with Gasteiger partial charge < -0.3 is 19.5 Å². The Morgan fingerprint density at radius 2 is 1.97 bits per heavy atom. The first kappa shape index (κ1) is 25.7. The van der Waals surface area contributed by atoms with Crippen molar-refractivity contribution >= 4 is 36.5 Å². The monoisotopic (exact) mass is 443 g/mol. The number of aliphatic hydroxyl groups is 1. The van der Waals surface area contributed by atoms with Crippen molar-refractivity contribution in [1.82, 2.24) is 4.90 Å². The van der Waals surface area contributed by atoms with Crippen molar-refractivity contribution in [3.63, 3.8) is 0 Å². The van der Waals surface area contributed by atoms with E-state index in [1.807, 2.05) is 45.2 Å². The summed E-state index contributed by atoms with van der Waals surface area (Å²) in [6, 6.07) is 5.64. The zero-order valence-corrected chi connectivity index (χ0v) is 20.0. The summed E-state index contributed by atoms with van der Waals surface area (Å²) < 4.78 is 9.56. The maximum atomic E-state index is 12.5. The van der Waals surface area contributed by atoms with Crippen molar-refractivity contribution in [3.05, 3.63) is 34.9 Å². The van der Waals surface area contributed by atoms with Crippen LogP contribution < -0.4 is 0 Å². The molecule has 2 atom stereocenters. The van der Waals surface area contributed by atoms with Gasteiger partial charge in [-0.05, 0) is 56.9 Å². The van der Waals surface area contributed by atoms with Crippen LogP contribution in [0.5, 0.6) is 0 Å². The second-order valence-corrected chi connectivity index (χ2v) is 8.90. The van der Waals surface area contributed by atoms with E-state index in [0.717, 1.165) is 16.7 Å². The van der Waals surface area contributed by atoms with Crippen LogP contribution in [-0.2, 0) is 27.2 Å². The Bertz CT molecular complexity index is 720. The van der Waals surface area contributed by atoms with Gasteiger partial charge in [-0.3, -0.25) is 4.79 Å². The summed E-state index contributed by atoms with van der Waals surface area (Å²) in [6.45, 7) is 7.89. The highest BCUT2D eigenvalue weighted by molar-refractivity contribution is 8.00. The van der Waals surface area contributed by atoms with E-state index in [0.29, 0.717) is 13.0 Å². The molecule has 0 bridgehead atoms. The smallest absolute Gasteiger partial charge is 0.410 e. The molecule has 0 aromatic heterocycles. The lowest BCUT2D eigenvalue weighted by Crippen LogP contribution is -2.40. The highest BCUT2D eigenvalue weighted by Gasteiger charge is 2.52.